The Hall–Kier alpha value is -2.56. The van der Waals surface area contributed by atoms with Gasteiger partial charge in [0.15, 0.2) is 0 Å². The van der Waals surface area contributed by atoms with E-state index in [1.165, 1.54) is 7.11 Å². The molecule has 0 heterocycles. The number of ether oxygens (including phenoxy) is 2. The molecular formula is C19H21NO4. The summed E-state index contributed by atoms with van der Waals surface area (Å²) >= 11 is 0. The Balaban J connectivity index is 1.95. The van der Waals surface area contributed by atoms with Gasteiger partial charge in [-0.25, -0.2) is 0 Å². The maximum atomic E-state index is 12.3. The van der Waals surface area contributed by atoms with Crippen molar-refractivity contribution in [3.05, 3.63) is 42.0 Å². The molecule has 1 fully saturated rings. The maximum absolute atomic E-state index is 12.3. The molecule has 24 heavy (non-hydrogen) atoms. The van der Waals surface area contributed by atoms with Crippen LogP contribution in [0.2, 0.25) is 0 Å². The third-order valence-corrected chi connectivity index (χ3v) is 4.43. The molecule has 0 radical (unpaired) electrons. The highest BCUT2D eigenvalue weighted by Crippen LogP contribution is 2.32. The second-order valence-electron chi connectivity index (χ2n) is 6.00. The zero-order chi connectivity index (χ0) is 17.1. The fourth-order valence-corrected chi connectivity index (χ4v) is 2.94. The molecule has 1 atom stereocenters. The van der Waals surface area contributed by atoms with Gasteiger partial charge in [-0.05, 0) is 29.9 Å². The first kappa shape index (κ1) is 16.3. The average Bonchev–Trinajstić information content (AvgIpc) is 3.46. The van der Waals surface area contributed by atoms with Crippen molar-refractivity contribution in [3.8, 4) is 5.75 Å². The Bertz CT molecular complexity index is 767. The molecule has 1 N–H and O–H groups in total. The second-order valence-corrected chi connectivity index (χ2v) is 6.00. The van der Waals surface area contributed by atoms with Gasteiger partial charge >= 0.3 is 5.97 Å². The lowest BCUT2D eigenvalue weighted by Gasteiger charge is -2.18. The predicted octanol–water partition coefficient (Wildman–Crippen LogP) is 2.63. The summed E-state index contributed by atoms with van der Waals surface area (Å²) in [5.41, 5.74) is 0.828. The molecule has 2 aromatic carbocycles. The van der Waals surface area contributed by atoms with E-state index in [9.17, 15) is 9.59 Å². The van der Waals surface area contributed by atoms with Crippen LogP contribution in [0.25, 0.3) is 10.8 Å². The van der Waals surface area contributed by atoms with Crippen molar-refractivity contribution in [1.29, 1.82) is 0 Å². The molecule has 0 spiro atoms. The zero-order valence-electron chi connectivity index (χ0n) is 13.9. The molecule has 1 aliphatic carbocycles. The largest absolute Gasteiger partial charge is 0.496 e. The third-order valence-electron chi connectivity index (χ3n) is 4.43. The summed E-state index contributed by atoms with van der Waals surface area (Å²) in [6.45, 7) is 0.234. The molecule has 1 amide bonds. The number of methoxy groups -OCH3 is 2. The number of rotatable bonds is 6. The molecule has 2 aromatic rings. The van der Waals surface area contributed by atoms with Gasteiger partial charge < -0.3 is 14.8 Å². The van der Waals surface area contributed by atoms with Crippen molar-refractivity contribution in [1.82, 2.24) is 5.32 Å². The highest BCUT2D eigenvalue weighted by Gasteiger charge is 2.31. The summed E-state index contributed by atoms with van der Waals surface area (Å²) in [6, 6.07) is 11.5. The fourth-order valence-electron chi connectivity index (χ4n) is 2.94. The fraction of sp³-hybridized carbons (Fsp3) is 0.368. The molecule has 126 valence electrons. The Morgan fingerprint density at radius 1 is 1.12 bits per heavy atom. The van der Waals surface area contributed by atoms with E-state index in [2.05, 4.69) is 5.32 Å². The molecule has 0 bridgehead atoms. The number of carbonyl (C=O) groups excluding carboxylic acids is 2. The monoisotopic (exact) mass is 327 g/mol. The first-order valence-electron chi connectivity index (χ1n) is 8.07. The van der Waals surface area contributed by atoms with Gasteiger partial charge in [-0.15, -0.1) is 0 Å². The predicted molar refractivity (Wildman–Crippen MR) is 91.0 cm³/mol. The van der Waals surface area contributed by atoms with E-state index >= 15 is 0 Å². The minimum atomic E-state index is -0.548. The summed E-state index contributed by atoms with van der Waals surface area (Å²) in [5, 5.41) is 4.74. The minimum Gasteiger partial charge on any atom is -0.496 e. The van der Waals surface area contributed by atoms with Crippen LogP contribution in [-0.2, 0) is 14.3 Å². The van der Waals surface area contributed by atoms with Crippen LogP contribution in [-0.4, -0.2) is 32.6 Å². The number of amides is 1. The lowest BCUT2D eigenvalue weighted by atomic mass is 9.93. The van der Waals surface area contributed by atoms with Crippen molar-refractivity contribution in [2.75, 3.05) is 20.8 Å². The number of carbonyl (C=O) groups is 2. The Labute approximate surface area is 140 Å². The smallest absolute Gasteiger partial charge is 0.314 e. The zero-order valence-corrected chi connectivity index (χ0v) is 13.9. The van der Waals surface area contributed by atoms with Gasteiger partial charge in [0.2, 0.25) is 5.91 Å². The third kappa shape index (κ3) is 3.20. The minimum absolute atomic E-state index is 0.0155. The summed E-state index contributed by atoms with van der Waals surface area (Å²) in [7, 11) is 2.98. The number of benzene rings is 2. The number of hydrogen-bond donors (Lipinski definition) is 1. The normalized spacial score (nSPS) is 14.9. The van der Waals surface area contributed by atoms with Crippen LogP contribution in [0.4, 0.5) is 0 Å². The van der Waals surface area contributed by atoms with E-state index in [0.29, 0.717) is 0 Å². The number of nitrogens with one attached hydrogen (secondary N) is 1. The summed E-state index contributed by atoms with van der Waals surface area (Å²) in [5.74, 6) is -0.0347. The highest BCUT2D eigenvalue weighted by molar-refractivity contribution is 5.95. The average molecular weight is 327 g/mol. The Morgan fingerprint density at radius 2 is 1.83 bits per heavy atom. The quantitative estimate of drug-likeness (QED) is 0.829. The second kappa shape index (κ2) is 6.91. The van der Waals surface area contributed by atoms with Crippen LogP contribution < -0.4 is 10.1 Å². The summed E-state index contributed by atoms with van der Waals surface area (Å²) in [4.78, 5) is 24.2. The van der Waals surface area contributed by atoms with Crippen LogP contribution >= 0.6 is 0 Å². The lowest BCUT2D eigenvalue weighted by Crippen LogP contribution is -2.33. The van der Waals surface area contributed by atoms with E-state index in [4.69, 9.17) is 9.47 Å². The standard InChI is InChI=1S/C19H21NO4/c1-23-17-8-4-6-13-14(5-3-7-15(13)17)16(19(22)24-2)11-20-18(21)12-9-10-12/h3-8,12,16H,9-11H2,1-2H3,(H,20,21). The molecule has 1 aliphatic rings. The Kier molecular flexibility index (Phi) is 4.69. The van der Waals surface area contributed by atoms with Crippen molar-refractivity contribution in [2.45, 2.75) is 18.8 Å². The topological polar surface area (TPSA) is 64.6 Å². The van der Waals surface area contributed by atoms with Gasteiger partial charge in [0.05, 0.1) is 20.1 Å². The van der Waals surface area contributed by atoms with E-state index in [1.807, 2.05) is 36.4 Å². The van der Waals surface area contributed by atoms with E-state index in [-0.39, 0.29) is 24.3 Å². The van der Waals surface area contributed by atoms with Crippen LogP contribution in [0.3, 0.4) is 0 Å². The molecular weight excluding hydrogens is 306 g/mol. The number of fused-ring (bicyclic) bond motifs is 1. The van der Waals surface area contributed by atoms with Gasteiger partial charge in [-0.3, -0.25) is 9.59 Å². The SMILES string of the molecule is COC(=O)C(CNC(=O)C1CC1)c1cccc2c(OC)cccc12. The molecule has 0 aliphatic heterocycles. The molecule has 1 saturated carbocycles. The van der Waals surface area contributed by atoms with Crippen LogP contribution in [0.5, 0.6) is 5.75 Å². The lowest BCUT2D eigenvalue weighted by molar-refractivity contribution is -0.142. The summed E-state index contributed by atoms with van der Waals surface area (Å²) in [6.07, 6.45) is 1.86. The van der Waals surface area contributed by atoms with Gasteiger partial charge in [0.1, 0.15) is 5.75 Å². The molecule has 5 heteroatoms. The first-order chi connectivity index (χ1) is 11.7. The summed E-state index contributed by atoms with van der Waals surface area (Å²) < 4.78 is 10.4. The number of hydrogen-bond acceptors (Lipinski definition) is 4. The van der Waals surface area contributed by atoms with Crippen LogP contribution in [0.1, 0.15) is 24.3 Å². The van der Waals surface area contributed by atoms with Crippen molar-refractivity contribution < 1.29 is 19.1 Å². The van der Waals surface area contributed by atoms with Gasteiger partial charge in [0, 0.05) is 17.8 Å². The Morgan fingerprint density at radius 3 is 2.50 bits per heavy atom. The first-order valence-corrected chi connectivity index (χ1v) is 8.07. The molecule has 5 nitrogen and oxygen atoms in total. The van der Waals surface area contributed by atoms with Gasteiger partial charge in [-0.1, -0.05) is 30.3 Å². The van der Waals surface area contributed by atoms with Crippen LogP contribution in [0, 0.1) is 5.92 Å². The molecule has 3 rings (SSSR count). The van der Waals surface area contributed by atoms with E-state index < -0.39 is 5.92 Å². The van der Waals surface area contributed by atoms with E-state index in [0.717, 1.165) is 34.9 Å². The van der Waals surface area contributed by atoms with Crippen LogP contribution in [0.15, 0.2) is 36.4 Å². The molecule has 0 aromatic heterocycles. The van der Waals surface area contributed by atoms with Crippen molar-refractivity contribution in [3.63, 3.8) is 0 Å². The van der Waals surface area contributed by atoms with Gasteiger partial charge in [-0.2, -0.15) is 0 Å². The van der Waals surface area contributed by atoms with Gasteiger partial charge in [0.25, 0.3) is 0 Å². The van der Waals surface area contributed by atoms with Crippen molar-refractivity contribution in [2.24, 2.45) is 5.92 Å². The molecule has 0 saturated heterocycles. The maximum Gasteiger partial charge on any atom is 0.314 e. The van der Waals surface area contributed by atoms with E-state index in [1.54, 1.807) is 7.11 Å². The van der Waals surface area contributed by atoms with Crippen molar-refractivity contribution >= 4 is 22.6 Å². The molecule has 1 unspecified atom stereocenters. The number of esters is 1. The highest BCUT2D eigenvalue weighted by atomic mass is 16.5.